The van der Waals surface area contributed by atoms with Crippen molar-refractivity contribution in [1.29, 1.82) is 0 Å². The van der Waals surface area contributed by atoms with Crippen molar-refractivity contribution in [2.24, 2.45) is 0 Å². The lowest BCUT2D eigenvalue weighted by Gasteiger charge is -2.12. The van der Waals surface area contributed by atoms with Gasteiger partial charge >= 0.3 is 6.18 Å². The summed E-state index contributed by atoms with van der Waals surface area (Å²) in [6.45, 7) is -1.31. The molecule has 0 unspecified atom stereocenters. The molecule has 1 rings (SSSR count). The van der Waals surface area contributed by atoms with Gasteiger partial charge in [-0.15, -0.1) is 0 Å². The van der Waals surface area contributed by atoms with Gasteiger partial charge in [0.2, 0.25) is 0 Å². The zero-order valence-corrected chi connectivity index (χ0v) is 11.8. The van der Waals surface area contributed by atoms with E-state index in [1.807, 2.05) is 0 Å². The summed E-state index contributed by atoms with van der Waals surface area (Å²) in [6.07, 6.45) is -4.34. The molecule has 0 aliphatic carbocycles. The van der Waals surface area contributed by atoms with Crippen LogP contribution in [0.2, 0.25) is 0 Å². The quantitative estimate of drug-likeness (QED) is 0.670. The molecule has 0 amide bonds. The fraction of sp³-hybridized carbons (Fsp3) is 0.250. The molecule has 84 valence electrons. The van der Waals surface area contributed by atoms with E-state index >= 15 is 0 Å². The molecule has 0 N–H and O–H groups in total. The Morgan fingerprint density at radius 1 is 1.07 bits per heavy atom. The molecule has 0 aromatic heterocycles. The lowest BCUT2D eigenvalue weighted by molar-refractivity contribution is -0.153. The first-order valence-electron chi connectivity index (χ1n) is 3.63. The summed E-state index contributed by atoms with van der Waals surface area (Å²) in [5.74, 6) is 0.135. The van der Waals surface area contributed by atoms with E-state index in [-0.39, 0.29) is 5.75 Å². The molecular weight excluding hydrogens is 409 g/mol. The van der Waals surface area contributed by atoms with Gasteiger partial charge in [-0.2, -0.15) is 13.2 Å². The van der Waals surface area contributed by atoms with E-state index in [0.717, 1.165) is 4.47 Å². The second kappa shape index (κ2) is 5.05. The third-order valence-electron chi connectivity index (χ3n) is 1.34. The monoisotopic (exact) mass is 410 g/mol. The fourth-order valence-corrected chi connectivity index (χ4v) is 3.31. The highest BCUT2D eigenvalue weighted by atomic mass is 79.9. The first-order valence-corrected chi connectivity index (χ1v) is 6.01. The van der Waals surface area contributed by atoms with Crippen LogP contribution in [0.4, 0.5) is 13.2 Å². The largest absolute Gasteiger partial charge is 0.482 e. The molecule has 0 fully saturated rings. The first kappa shape index (κ1) is 13.3. The van der Waals surface area contributed by atoms with E-state index < -0.39 is 12.8 Å². The first-order chi connectivity index (χ1) is 6.79. The molecule has 0 spiro atoms. The maximum Gasteiger partial charge on any atom is 0.422 e. The smallest absolute Gasteiger partial charge is 0.422 e. The van der Waals surface area contributed by atoms with Gasteiger partial charge in [0.25, 0.3) is 0 Å². The summed E-state index contributed by atoms with van der Waals surface area (Å²) in [7, 11) is 0. The van der Waals surface area contributed by atoms with E-state index in [2.05, 4.69) is 52.5 Å². The van der Waals surface area contributed by atoms with Crippen LogP contribution in [0.5, 0.6) is 5.75 Å². The van der Waals surface area contributed by atoms with Gasteiger partial charge in [0.1, 0.15) is 5.75 Å². The molecule has 0 radical (unpaired) electrons. The zero-order chi connectivity index (χ0) is 11.6. The number of hydrogen-bond acceptors (Lipinski definition) is 1. The zero-order valence-electron chi connectivity index (χ0n) is 7.04. The number of alkyl halides is 3. The van der Waals surface area contributed by atoms with E-state index in [9.17, 15) is 13.2 Å². The molecule has 0 aliphatic rings. The van der Waals surface area contributed by atoms with Gasteiger partial charge in [-0.1, -0.05) is 15.9 Å². The van der Waals surface area contributed by atoms with Crippen molar-refractivity contribution in [2.75, 3.05) is 6.61 Å². The number of halogens is 6. The second-order valence-electron chi connectivity index (χ2n) is 2.60. The molecule has 0 aliphatic heterocycles. The van der Waals surface area contributed by atoms with Gasteiger partial charge in [-0.3, -0.25) is 0 Å². The lowest BCUT2D eigenvalue weighted by Crippen LogP contribution is -2.19. The van der Waals surface area contributed by atoms with Gasteiger partial charge in [0, 0.05) is 4.47 Å². The number of hydrogen-bond donors (Lipinski definition) is 0. The van der Waals surface area contributed by atoms with Crippen molar-refractivity contribution in [2.45, 2.75) is 6.18 Å². The highest BCUT2D eigenvalue weighted by molar-refractivity contribution is 9.11. The molecular formula is C8H4Br3F3O. The lowest BCUT2D eigenvalue weighted by atomic mass is 10.3. The molecule has 1 aromatic carbocycles. The number of ether oxygens (including phenoxy) is 1. The minimum atomic E-state index is -4.34. The average Bonchev–Trinajstić information content (AvgIpc) is 1.99. The van der Waals surface area contributed by atoms with Gasteiger partial charge in [0.15, 0.2) is 6.61 Å². The summed E-state index contributed by atoms with van der Waals surface area (Å²) in [5.41, 5.74) is 0. The standard InChI is InChI=1S/C8H4Br3F3O/c9-4-1-5(10)7(6(11)2-4)15-3-8(12,13)14/h1-2H,3H2. The third-order valence-corrected chi connectivity index (χ3v) is 2.98. The third kappa shape index (κ3) is 4.32. The van der Waals surface area contributed by atoms with Crippen LogP contribution < -0.4 is 4.74 Å². The van der Waals surface area contributed by atoms with Crippen LogP contribution in [0.15, 0.2) is 25.6 Å². The van der Waals surface area contributed by atoms with Crippen LogP contribution in [-0.2, 0) is 0 Å². The van der Waals surface area contributed by atoms with Crippen LogP contribution >= 0.6 is 47.8 Å². The maximum absolute atomic E-state index is 11.9. The Morgan fingerprint density at radius 2 is 1.53 bits per heavy atom. The molecule has 0 saturated carbocycles. The average molecular weight is 413 g/mol. The molecule has 0 atom stereocenters. The SMILES string of the molecule is FC(F)(F)COc1c(Br)cc(Br)cc1Br. The summed E-state index contributed by atoms with van der Waals surface area (Å²) in [4.78, 5) is 0. The van der Waals surface area contributed by atoms with E-state index in [4.69, 9.17) is 0 Å². The minimum absolute atomic E-state index is 0.135. The highest BCUT2D eigenvalue weighted by Crippen LogP contribution is 2.37. The van der Waals surface area contributed by atoms with Gasteiger partial charge in [-0.25, -0.2) is 0 Å². The van der Waals surface area contributed by atoms with Crippen molar-refractivity contribution >= 4 is 47.8 Å². The number of benzene rings is 1. The van der Waals surface area contributed by atoms with Crippen LogP contribution in [0.25, 0.3) is 0 Å². The Labute approximate surface area is 109 Å². The van der Waals surface area contributed by atoms with Crippen molar-refractivity contribution in [3.05, 3.63) is 25.6 Å². The van der Waals surface area contributed by atoms with E-state index in [0.29, 0.717) is 8.95 Å². The molecule has 1 aromatic rings. The summed E-state index contributed by atoms with van der Waals surface area (Å²) < 4.78 is 42.0. The van der Waals surface area contributed by atoms with Crippen molar-refractivity contribution < 1.29 is 17.9 Å². The van der Waals surface area contributed by atoms with Gasteiger partial charge < -0.3 is 4.74 Å². The van der Waals surface area contributed by atoms with Crippen LogP contribution in [0.3, 0.4) is 0 Å². The molecule has 0 heterocycles. The molecule has 15 heavy (non-hydrogen) atoms. The van der Waals surface area contributed by atoms with Crippen LogP contribution in [0.1, 0.15) is 0 Å². The van der Waals surface area contributed by atoms with Crippen molar-refractivity contribution in [3.63, 3.8) is 0 Å². The van der Waals surface area contributed by atoms with Crippen LogP contribution in [0, 0.1) is 0 Å². The Kier molecular flexibility index (Phi) is 4.49. The fourth-order valence-electron chi connectivity index (χ4n) is 0.821. The Morgan fingerprint density at radius 3 is 1.93 bits per heavy atom. The molecule has 0 saturated heterocycles. The Balaban J connectivity index is 2.86. The predicted octanol–water partition coefficient (Wildman–Crippen LogP) is 4.92. The normalized spacial score (nSPS) is 11.6. The van der Waals surface area contributed by atoms with Crippen LogP contribution in [-0.4, -0.2) is 12.8 Å². The summed E-state index contributed by atoms with van der Waals surface area (Å²) in [5, 5.41) is 0. The Hall–Kier alpha value is 0.250. The molecule has 7 heteroatoms. The van der Waals surface area contributed by atoms with E-state index in [1.54, 1.807) is 12.1 Å². The molecule has 0 bridgehead atoms. The molecule has 1 nitrogen and oxygen atoms in total. The van der Waals surface area contributed by atoms with Gasteiger partial charge in [-0.05, 0) is 44.0 Å². The highest BCUT2D eigenvalue weighted by Gasteiger charge is 2.29. The second-order valence-corrected chi connectivity index (χ2v) is 5.23. The topological polar surface area (TPSA) is 9.23 Å². The van der Waals surface area contributed by atoms with Gasteiger partial charge in [0.05, 0.1) is 8.95 Å². The summed E-state index contributed by atoms with van der Waals surface area (Å²) >= 11 is 9.43. The predicted molar refractivity (Wildman–Crippen MR) is 61.1 cm³/mol. The maximum atomic E-state index is 11.9. The van der Waals surface area contributed by atoms with Crippen molar-refractivity contribution in [1.82, 2.24) is 0 Å². The minimum Gasteiger partial charge on any atom is -0.482 e. The van der Waals surface area contributed by atoms with Crippen molar-refractivity contribution in [3.8, 4) is 5.75 Å². The Bertz CT molecular complexity index is 342. The summed E-state index contributed by atoms with van der Waals surface area (Å²) in [6, 6.07) is 3.22. The van der Waals surface area contributed by atoms with E-state index in [1.165, 1.54) is 0 Å². The number of rotatable bonds is 2.